The second-order valence-corrected chi connectivity index (χ2v) is 6.57. The van der Waals surface area contributed by atoms with Crippen LogP contribution in [-0.2, 0) is 14.3 Å². The van der Waals surface area contributed by atoms with Crippen molar-refractivity contribution >= 4 is 17.6 Å². The molecule has 1 fully saturated rings. The minimum Gasteiger partial charge on any atom is -0.466 e. The van der Waals surface area contributed by atoms with Crippen molar-refractivity contribution in [3.8, 4) is 0 Å². The van der Waals surface area contributed by atoms with E-state index in [1.54, 1.807) is 0 Å². The first kappa shape index (κ1) is 18.5. The van der Waals surface area contributed by atoms with Crippen LogP contribution in [0.3, 0.4) is 0 Å². The molecule has 0 unspecified atom stereocenters. The third-order valence-electron chi connectivity index (χ3n) is 4.64. The van der Waals surface area contributed by atoms with Gasteiger partial charge in [0.1, 0.15) is 0 Å². The van der Waals surface area contributed by atoms with Crippen molar-refractivity contribution in [3.63, 3.8) is 0 Å². The number of hydrogen-bond donors (Lipinski definition) is 1. The minimum absolute atomic E-state index is 0.0357. The summed E-state index contributed by atoms with van der Waals surface area (Å²) in [6.45, 7) is 9.55. The van der Waals surface area contributed by atoms with Crippen molar-refractivity contribution in [1.29, 1.82) is 0 Å². The number of hydrogen-bond acceptors (Lipinski definition) is 4. The van der Waals surface area contributed by atoms with E-state index in [1.165, 1.54) is 5.56 Å². The van der Waals surface area contributed by atoms with Crippen molar-refractivity contribution in [2.24, 2.45) is 5.92 Å². The lowest BCUT2D eigenvalue weighted by molar-refractivity contribution is -0.150. The summed E-state index contributed by atoms with van der Waals surface area (Å²) in [5.41, 5.74) is 3.07. The lowest BCUT2D eigenvalue weighted by Crippen LogP contribution is -2.48. The summed E-state index contributed by atoms with van der Waals surface area (Å²) in [5, 5.41) is 3.01. The van der Waals surface area contributed by atoms with Crippen LogP contribution >= 0.6 is 0 Å². The predicted octanol–water partition coefficient (Wildman–Crippen LogP) is 2.91. The van der Waals surface area contributed by atoms with E-state index in [9.17, 15) is 9.59 Å². The molecule has 1 aromatic carbocycles. The molecule has 2 atom stereocenters. The lowest BCUT2D eigenvalue weighted by Gasteiger charge is -2.35. The van der Waals surface area contributed by atoms with E-state index in [1.807, 2.05) is 39.8 Å². The van der Waals surface area contributed by atoms with Crippen LogP contribution in [0.2, 0.25) is 0 Å². The Labute approximate surface area is 144 Å². The quantitative estimate of drug-likeness (QED) is 0.842. The molecule has 1 aliphatic rings. The fourth-order valence-electron chi connectivity index (χ4n) is 3.17. The monoisotopic (exact) mass is 332 g/mol. The van der Waals surface area contributed by atoms with Gasteiger partial charge in [0, 0.05) is 12.2 Å². The molecular weight excluding hydrogens is 304 g/mol. The first-order chi connectivity index (χ1) is 11.4. The SMILES string of the molecule is CCOC(=O)[C@@H]1CCCN([C@@H](C)C(=O)Nc2ccc(C)cc2C)C1. The highest BCUT2D eigenvalue weighted by Gasteiger charge is 2.31. The minimum atomic E-state index is -0.275. The molecule has 1 N–H and O–H groups in total. The van der Waals surface area contributed by atoms with Crippen LogP contribution in [0.25, 0.3) is 0 Å². The Hall–Kier alpha value is -1.88. The number of nitrogens with zero attached hydrogens (tertiary/aromatic N) is 1. The van der Waals surface area contributed by atoms with Crippen LogP contribution in [0.1, 0.15) is 37.8 Å². The van der Waals surface area contributed by atoms with Gasteiger partial charge in [-0.1, -0.05) is 17.7 Å². The van der Waals surface area contributed by atoms with Crippen molar-refractivity contribution in [3.05, 3.63) is 29.3 Å². The van der Waals surface area contributed by atoms with Gasteiger partial charge in [-0.2, -0.15) is 0 Å². The highest BCUT2D eigenvalue weighted by molar-refractivity contribution is 5.95. The van der Waals surface area contributed by atoms with Gasteiger partial charge in [0.2, 0.25) is 5.91 Å². The molecule has 1 amide bonds. The molecule has 0 aromatic heterocycles. The second kappa shape index (κ2) is 8.29. The van der Waals surface area contributed by atoms with Gasteiger partial charge in [-0.15, -0.1) is 0 Å². The predicted molar refractivity (Wildman–Crippen MR) is 94.9 cm³/mol. The molecule has 24 heavy (non-hydrogen) atoms. The number of likely N-dealkylation sites (tertiary alicyclic amines) is 1. The highest BCUT2D eigenvalue weighted by atomic mass is 16.5. The van der Waals surface area contributed by atoms with Gasteiger partial charge in [0.25, 0.3) is 0 Å². The van der Waals surface area contributed by atoms with Crippen molar-refractivity contribution in [1.82, 2.24) is 4.90 Å². The fraction of sp³-hybridized carbons (Fsp3) is 0.579. The number of esters is 1. The molecule has 5 heteroatoms. The smallest absolute Gasteiger partial charge is 0.310 e. The number of rotatable bonds is 5. The lowest BCUT2D eigenvalue weighted by atomic mass is 9.97. The van der Waals surface area contributed by atoms with E-state index < -0.39 is 0 Å². The molecule has 0 bridgehead atoms. The van der Waals surface area contributed by atoms with E-state index in [0.717, 1.165) is 30.6 Å². The molecule has 5 nitrogen and oxygen atoms in total. The topological polar surface area (TPSA) is 58.6 Å². The number of anilines is 1. The van der Waals surface area contributed by atoms with E-state index in [-0.39, 0.29) is 23.8 Å². The maximum Gasteiger partial charge on any atom is 0.310 e. The molecule has 2 rings (SSSR count). The van der Waals surface area contributed by atoms with Gasteiger partial charge in [-0.25, -0.2) is 0 Å². The van der Waals surface area contributed by atoms with Crippen molar-refractivity contribution in [2.45, 2.75) is 46.6 Å². The summed E-state index contributed by atoms with van der Waals surface area (Å²) in [7, 11) is 0. The van der Waals surface area contributed by atoms with Crippen LogP contribution in [0.4, 0.5) is 5.69 Å². The van der Waals surface area contributed by atoms with Gasteiger partial charge in [0.15, 0.2) is 0 Å². The van der Waals surface area contributed by atoms with Crippen LogP contribution in [0.5, 0.6) is 0 Å². The van der Waals surface area contributed by atoms with Gasteiger partial charge < -0.3 is 10.1 Å². The number of carbonyl (C=O) groups is 2. The molecule has 1 heterocycles. The molecule has 0 saturated carbocycles. The van der Waals surface area contributed by atoms with Crippen LogP contribution in [0, 0.1) is 19.8 Å². The zero-order chi connectivity index (χ0) is 17.7. The Balaban J connectivity index is 1.98. The third-order valence-corrected chi connectivity index (χ3v) is 4.64. The zero-order valence-corrected chi connectivity index (χ0v) is 15.1. The van der Waals surface area contributed by atoms with Crippen LogP contribution < -0.4 is 5.32 Å². The largest absolute Gasteiger partial charge is 0.466 e. The fourth-order valence-corrected chi connectivity index (χ4v) is 3.17. The first-order valence-electron chi connectivity index (χ1n) is 8.71. The summed E-state index contributed by atoms with van der Waals surface area (Å²) >= 11 is 0. The maximum atomic E-state index is 12.6. The average molecular weight is 332 g/mol. The Bertz CT molecular complexity index is 600. The van der Waals surface area contributed by atoms with E-state index in [0.29, 0.717) is 13.2 Å². The van der Waals surface area contributed by atoms with Gasteiger partial charge in [-0.3, -0.25) is 14.5 Å². The number of nitrogens with one attached hydrogen (secondary N) is 1. The van der Waals surface area contributed by atoms with Crippen LogP contribution in [0.15, 0.2) is 18.2 Å². The Morgan fingerprint density at radius 1 is 1.38 bits per heavy atom. The average Bonchev–Trinajstić information content (AvgIpc) is 2.57. The van der Waals surface area contributed by atoms with Gasteiger partial charge >= 0.3 is 5.97 Å². The highest BCUT2D eigenvalue weighted by Crippen LogP contribution is 2.21. The molecule has 132 valence electrons. The van der Waals surface area contributed by atoms with Gasteiger partial charge in [0.05, 0.1) is 18.6 Å². The first-order valence-corrected chi connectivity index (χ1v) is 8.71. The number of carbonyl (C=O) groups excluding carboxylic acids is 2. The normalized spacial score (nSPS) is 19.6. The Morgan fingerprint density at radius 2 is 2.12 bits per heavy atom. The second-order valence-electron chi connectivity index (χ2n) is 6.57. The standard InChI is InChI=1S/C19H28N2O3/c1-5-24-19(23)16-7-6-10-21(12-16)15(4)18(22)20-17-9-8-13(2)11-14(17)3/h8-9,11,15-16H,5-7,10,12H2,1-4H3,(H,20,22)/t15-,16+/m0/s1. The summed E-state index contributed by atoms with van der Waals surface area (Å²) in [5.74, 6) is -0.314. The molecule has 0 radical (unpaired) electrons. The number of amides is 1. The van der Waals surface area contributed by atoms with E-state index in [4.69, 9.17) is 4.74 Å². The maximum absolute atomic E-state index is 12.6. The van der Waals surface area contributed by atoms with E-state index in [2.05, 4.69) is 16.3 Å². The van der Waals surface area contributed by atoms with E-state index >= 15 is 0 Å². The third kappa shape index (κ3) is 4.57. The number of benzene rings is 1. The number of ether oxygens (including phenoxy) is 1. The van der Waals surface area contributed by atoms with Crippen molar-refractivity contribution < 1.29 is 14.3 Å². The molecule has 0 aliphatic carbocycles. The molecular formula is C19H28N2O3. The summed E-state index contributed by atoms with van der Waals surface area (Å²) < 4.78 is 5.13. The van der Waals surface area contributed by atoms with Crippen LogP contribution in [-0.4, -0.2) is 42.5 Å². The zero-order valence-electron chi connectivity index (χ0n) is 15.1. The molecule has 1 saturated heterocycles. The molecule has 1 aliphatic heterocycles. The molecule has 1 aromatic rings. The van der Waals surface area contributed by atoms with Crippen molar-refractivity contribution in [2.75, 3.05) is 25.0 Å². The summed E-state index contributed by atoms with van der Waals surface area (Å²) in [6, 6.07) is 5.71. The Kier molecular flexibility index (Phi) is 6.37. The summed E-state index contributed by atoms with van der Waals surface area (Å²) in [6.07, 6.45) is 1.74. The Morgan fingerprint density at radius 3 is 2.79 bits per heavy atom. The summed E-state index contributed by atoms with van der Waals surface area (Å²) in [4.78, 5) is 26.6. The number of piperidine rings is 1. The number of aryl methyl sites for hydroxylation is 2. The molecule has 0 spiro atoms. The van der Waals surface area contributed by atoms with Gasteiger partial charge in [-0.05, 0) is 58.7 Å².